The first-order valence-corrected chi connectivity index (χ1v) is 12.1. The third-order valence-corrected chi connectivity index (χ3v) is 6.49. The average molecular weight is 516 g/mol. The number of alkyl halides is 3. The van der Waals surface area contributed by atoms with Gasteiger partial charge in [-0.05, 0) is 37.8 Å². The van der Waals surface area contributed by atoms with Gasteiger partial charge in [0.2, 0.25) is 0 Å². The number of aromatic nitrogens is 5. The first kappa shape index (κ1) is 25.0. The van der Waals surface area contributed by atoms with Gasteiger partial charge in [0.05, 0.1) is 23.6 Å². The maximum absolute atomic E-state index is 12.5. The van der Waals surface area contributed by atoms with E-state index < -0.39 is 18.8 Å². The van der Waals surface area contributed by atoms with Gasteiger partial charge in [-0.2, -0.15) is 13.2 Å². The van der Waals surface area contributed by atoms with E-state index in [1.54, 1.807) is 17.2 Å². The molecule has 1 unspecified atom stereocenters. The number of rotatable bonds is 8. The summed E-state index contributed by atoms with van der Waals surface area (Å²) in [6, 6.07) is 11.2. The van der Waals surface area contributed by atoms with Gasteiger partial charge in [-0.15, -0.1) is 5.10 Å². The summed E-state index contributed by atoms with van der Waals surface area (Å²) in [7, 11) is 1.91. The molecule has 0 spiro atoms. The van der Waals surface area contributed by atoms with Crippen LogP contribution in [0.4, 0.5) is 24.7 Å². The Bertz CT molecular complexity index is 1330. The van der Waals surface area contributed by atoms with Crippen LogP contribution in [0.1, 0.15) is 25.7 Å². The number of aliphatic hydroxyl groups is 1. The molecule has 1 aliphatic rings. The molecule has 1 saturated carbocycles. The molecule has 3 N–H and O–H groups in total. The third-order valence-electron chi connectivity index (χ3n) is 6.49. The van der Waals surface area contributed by atoms with Crippen molar-refractivity contribution in [1.29, 1.82) is 0 Å². The Morgan fingerprint density at radius 1 is 1.14 bits per heavy atom. The lowest BCUT2D eigenvalue weighted by Crippen LogP contribution is -2.44. The Morgan fingerprint density at radius 3 is 2.68 bits per heavy atom. The van der Waals surface area contributed by atoms with E-state index in [0.717, 1.165) is 16.7 Å². The monoisotopic (exact) mass is 515 g/mol. The number of halogens is 3. The van der Waals surface area contributed by atoms with E-state index in [1.165, 1.54) is 0 Å². The van der Waals surface area contributed by atoms with E-state index >= 15 is 0 Å². The quantitative estimate of drug-likeness (QED) is 0.325. The van der Waals surface area contributed by atoms with Crippen molar-refractivity contribution in [3.8, 4) is 11.6 Å². The summed E-state index contributed by atoms with van der Waals surface area (Å²) in [4.78, 5) is 8.83. The zero-order chi connectivity index (χ0) is 26.0. The molecule has 3 aromatic heterocycles. The van der Waals surface area contributed by atoms with E-state index in [9.17, 15) is 18.3 Å². The zero-order valence-corrected chi connectivity index (χ0v) is 20.2. The van der Waals surface area contributed by atoms with Gasteiger partial charge in [-0.1, -0.05) is 6.07 Å². The lowest BCUT2D eigenvalue weighted by atomic mass is 9.93. The number of aryl methyl sites for hydroxylation is 1. The van der Waals surface area contributed by atoms with Crippen LogP contribution in [0.2, 0.25) is 0 Å². The molecule has 3 heterocycles. The number of fused-ring (bicyclic) bond motifs is 1. The molecule has 37 heavy (non-hydrogen) atoms. The van der Waals surface area contributed by atoms with Crippen LogP contribution >= 0.6 is 0 Å². The highest BCUT2D eigenvalue weighted by Crippen LogP contribution is 2.33. The molecule has 1 aromatic carbocycles. The van der Waals surface area contributed by atoms with Crippen molar-refractivity contribution in [3.05, 3.63) is 55.1 Å². The molecule has 9 nitrogen and oxygen atoms in total. The van der Waals surface area contributed by atoms with Crippen molar-refractivity contribution in [2.45, 2.75) is 50.1 Å². The maximum Gasteiger partial charge on any atom is 0.415 e. The molecule has 196 valence electrons. The molecular formula is C25H28F3N7O2. The molecule has 1 aliphatic carbocycles. The van der Waals surface area contributed by atoms with Crippen molar-refractivity contribution in [2.24, 2.45) is 7.05 Å². The van der Waals surface area contributed by atoms with Crippen LogP contribution in [-0.4, -0.2) is 60.4 Å². The standard InChI is InChI=1S/C25H28F3N7O2/c1-34-15-31-24-19(32-22-9-11-35(33-22)23-4-2-3-10-29-23)12-18(13-20(24)34)37-17-7-5-16(6-8-17)30-14-21(36)25(26,27)28/h2-4,9-13,15-17,21,30,36H,5-8,14H2,1H3,(H,32,33). The molecule has 0 saturated heterocycles. The number of pyridine rings is 1. The van der Waals surface area contributed by atoms with Gasteiger partial charge >= 0.3 is 6.18 Å². The minimum atomic E-state index is -4.61. The van der Waals surface area contributed by atoms with Crippen molar-refractivity contribution >= 4 is 22.5 Å². The molecule has 0 aliphatic heterocycles. The average Bonchev–Trinajstić information content (AvgIpc) is 3.50. The lowest BCUT2D eigenvalue weighted by molar-refractivity contribution is -0.202. The van der Waals surface area contributed by atoms with E-state index in [4.69, 9.17) is 4.74 Å². The molecule has 1 atom stereocenters. The molecule has 4 aromatic rings. The number of aliphatic hydroxyl groups excluding tert-OH is 1. The van der Waals surface area contributed by atoms with E-state index in [1.807, 2.05) is 54.2 Å². The number of imidazole rings is 1. The summed E-state index contributed by atoms with van der Waals surface area (Å²) in [6.07, 6.45) is 0.956. The van der Waals surface area contributed by atoms with Gasteiger partial charge in [0.1, 0.15) is 11.3 Å². The number of nitrogens with zero attached hydrogens (tertiary/aromatic N) is 5. The second-order valence-corrected chi connectivity index (χ2v) is 9.21. The van der Waals surface area contributed by atoms with Crippen LogP contribution in [0.3, 0.4) is 0 Å². The first-order chi connectivity index (χ1) is 17.8. The summed E-state index contributed by atoms with van der Waals surface area (Å²) in [6.45, 7) is -0.498. The Balaban J connectivity index is 1.25. The van der Waals surface area contributed by atoms with Crippen LogP contribution in [0.25, 0.3) is 16.9 Å². The van der Waals surface area contributed by atoms with E-state index in [-0.39, 0.29) is 12.1 Å². The van der Waals surface area contributed by atoms with E-state index in [2.05, 4.69) is 25.7 Å². The highest BCUT2D eigenvalue weighted by Gasteiger charge is 2.38. The number of hydrogen-bond donors (Lipinski definition) is 3. The minimum absolute atomic E-state index is 0.0625. The van der Waals surface area contributed by atoms with Crippen molar-refractivity contribution < 1.29 is 23.0 Å². The number of nitrogens with one attached hydrogen (secondary N) is 2. The summed E-state index contributed by atoms with van der Waals surface area (Å²) >= 11 is 0. The highest BCUT2D eigenvalue weighted by molar-refractivity contribution is 5.91. The van der Waals surface area contributed by atoms with Crippen LogP contribution in [0.15, 0.2) is 55.1 Å². The van der Waals surface area contributed by atoms with Gasteiger partial charge in [0.25, 0.3) is 0 Å². The molecule has 0 bridgehead atoms. The largest absolute Gasteiger partial charge is 0.490 e. The van der Waals surface area contributed by atoms with Crippen LogP contribution in [-0.2, 0) is 7.05 Å². The molecule has 0 amide bonds. The number of benzene rings is 1. The van der Waals surface area contributed by atoms with Crippen molar-refractivity contribution in [2.75, 3.05) is 11.9 Å². The fourth-order valence-electron chi connectivity index (χ4n) is 4.48. The fraction of sp³-hybridized carbons (Fsp3) is 0.400. The normalized spacial score (nSPS) is 19.2. The lowest BCUT2D eigenvalue weighted by Gasteiger charge is -2.30. The van der Waals surface area contributed by atoms with Gasteiger partial charge < -0.3 is 25.0 Å². The van der Waals surface area contributed by atoms with Gasteiger partial charge in [0.15, 0.2) is 17.7 Å². The van der Waals surface area contributed by atoms with Crippen molar-refractivity contribution in [1.82, 2.24) is 29.6 Å². The van der Waals surface area contributed by atoms with Crippen LogP contribution < -0.4 is 15.4 Å². The summed E-state index contributed by atoms with van der Waals surface area (Å²) in [5.74, 6) is 2.00. The van der Waals surface area contributed by atoms with E-state index in [0.29, 0.717) is 43.1 Å². The molecule has 0 radical (unpaired) electrons. The number of ether oxygens (including phenoxy) is 1. The second-order valence-electron chi connectivity index (χ2n) is 9.21. The minimum Gasteiger partial charge on any atom is -0.490 e. The summed E-state index contributed by atoms with van der Waals surface area (Å²) in [5, 5.41) is 19.9. The predicted molar refractivity (Wildman–Crippen MR) is 132 cm³/mol. The summed E-state index contributed by atoms with van der Waals surface area (Å²) in [5.41, 5.74) is 2.41. The maximum atomic E-state index is 12.5. The Hall–Kier alpha value is -3.64. The predicted octanol–water partition coefficient (Wildman–Crippen LogP) is 4.10. The topological polar surface area (TPSA) is 102 Å². The third kappa shape index (κ3) is 5.86. The van der Waals surface area contributed by atoms with Gasteiger partial charge in [-0.25, -0.2) is 14.6 Å². The summed E-state index contributed by atoms with van der Waals surface area (Å²) < 4.78 is 47.5. The van der Waals surface area contributed by atoms with Crippen LogP contribution in [0.5, 0.6) is 5.75 Å². The Labute approximate surface area is 211 Å². The fourth-order valence-corrected chi connectivity index (χ4v) is 4.48. The smallest absolute Gasteiger partial charge is 0.415 e. The molecular weight excluding hydrogens is 487 g/mol. The van der Waals surface area contributed by atoms with Crippen LogP contribution in [0, 0.1) is 0 Å². The van der Waals surface area contributed by atoms with Gasteiger partial charge in [0, 0.05) is 50.2 Å². The number of anilines is 2. The second kappa shape index (κ2) is 10.4. The zero-order valence-electron chi connectivity index (χ0n) is 20.2. The molecule has 12 heteroatoms. The molecule has 5 rings (SSSR count). The molecule has 1 fully saturated rings. The Morgan fingerprint density at radius 2 is 1.95 bits per heavy atom. The highest BCUT2D eigenvalue weighted by atomic mass is 19.4. The Kier molecular flexibility index (Phi) is 7.02. The van der Waals surface area contributed by atoms with Crippen molar-refractivity contribution in [3.63, 3.8) is 0 Å². The SMILES string of the molecule is Cn1cnc2c(Nc3ccn(-c4ccccn4)n3)cc(OC3CCC(NCC(O)C(F)(F)F)CC3)cc21. The van der Waals surface area contributed by atoms with Gasteiger partial charge in [-0.3, -0.25) is 0 Å². The first-order valence-electron chi connectivity index (χ1n) is 12.1. The number of hydrogen-bond acceptors (Lipinski definition) is 7.